The summed E-state index contributed by atoms with van der Waals surface area (Å²) in [5.74, 6) is 0.120. The Morgan fingerprint density at radius 2 is 2.00 bits per heavy atom. The highest BCUT2D eigenvalue weighted by atomic mass is 16.3. The number of hydrogen-bond donors (Lipinski definition) is 3. The van der Waals surface area contributed by atoms with Crippen molar-refractivity contribution in [3.8, 4) is 0 Å². The molecule has 1 aliphatic rings. The summed E-state index contributed by atoms with van der Waals surface area (Å²) in [4.78, 5) is 11.7. The first kappa shape index (κ1) is 13.5. The number of amides is 1. The summed E-state index contributed by atoms with van der Waals surface area (Å²) in [6, 6.07) is 0.504. The predicted octanol–water partition coefficient (Wildman–Crippen LogP) is 0.794. The molecule has 1 fully saturated rings. The summed E-state index contributed by atoms with van der Waals surface area (Å²) < 4.78 is 0. The third kappa shape index (κ3) is 4.94. The van der Waals surface area contributed by atoms with Crippen LogP contribution in [0.2, 0.25) is 0 Å². The van der Waals surface area contributed by atoms with Crippen molar-refractivity contribution in [1.29, 1.82) is 0 Å². The molecule has 3 N–H and O–H groups in total. The molecule has 0 heterocycles. The molecule has 16 heavy (non-hydrogen) atoms. The second-order valence-corrected chi connectivity index (χ2v) is 4.74. The molecule has 1 unspecified atom stereocenters. The Morgan fingerprint density at radius 3 is 2.56 bits per heavy atom. The van der Waals surface area contributed by atoms with E-state index in [0.29, 0.717) is 6.42 Å². The minimum atomic E-state index is -0.158. The van der Waals surface area contributed by atoms with Gasteiger partial charge in [-0.05, 0) is 39.2 Å². The van der Waals surface area contributed by atoms with Gasteiger partial charge >= 0.3 is 0 Å². The molecule has 0 aromatic heterocycles. The highest BCUT2D eigenvalue weighted by Gasteiger charge is 2.21. The van der Waals surface area contributed by atoms with Gasteiger partial charge in [-0.2, -0.15) is 0 Å². The third-order valence-corrected chi connectivity index (χ3v) is 3.11. The van der Waals surface area contributed by atoms with Crippen molar-refractivity contribution in [2.75, 3.05) is 6.54 Å². The van der Waals surface area contributed by atoms with E-state index in [1.807, 2.05) is 13.8 Å². The lowest BCUT2D eigenvalue weighted by Gasteiger charge is -2.26. The molecule has 0 saturated heterocycles. The van der Waals surface area contributed by atoms with Crippen LogP contribution in [0.4, 0.5) is 0 Å². The normalized spacial score (nSPS) is 27.4. The van der Waals surface area contributed by atoms with Gasteiger partial charge in [-0.1, -0.05) is 6.92 Å². The molecule has 0 bridgehead atoms. The monoisotopic (exact) mass is 228 g/mol. The zero-order valence-electron chi connectivity index (χ0n) is 10.3. The number of carbonyl (C=O) groups is 1. The number of hydrogen-bond acceptors (Lipinski definition) is 3. The molecule has 1 saturated carbocycles. The Kier molecular flexibility index (Phi) is 5.77. The molecule has 1 amide bonds. The zero-order chi connectivity index (χ0) is 12.0. The van der Waals surface area contributed by atoms with E-state index in [9.17, 15) is 9.90 Å². The van der Waals surface area contributed by atoms with Crippen molar-refractivity contribution in [3.63, 3.8) is 0 Å². The number of rotatable bonds is 5. The average Bonchev–Trinajstić information content (AvgIpc) is 2.21. The Labute approximate surface area is 97.8 Å². The van der Waals surface area contributed by atoms with Gasteiger partial charge in [0, 0.05) is 18.5 Å². The van der Waals surface area contributed by atoms with Gasteiger partial charge in [0.15, 0.2) is 0 Å². The molecule has 4 nitrogen and oxygen atoms in total. The molecule has 94 valence electrons. The molecule has 0 aliphatic heterocycles. The van der Waals surface area contributed by atoms with Crippen molar-refractivity contribution in [2.24, 2.45) is 0 Å². The van der Waals surface area contributed by atoms with Gasteiger partial charge in [-0.25, -0.2) is 0 Å². The van der Waals surface area contributed by atoms with Crippen LogP contribution in [-0.4, -0.2) is 35.7 Å². The fraction of sp³-hybridized carbons (Fsp3) is 0.917. The van der Waals surface area contributed by atoms with Crippen molar-refractivity contribution in [2.45, 2.75) is 64.1 Å². The van der Waals surface area contributed by atoms with Crippen LogP contribution in [0.15, 0.2) is 0 Å². The van der Waals surface area contributed by atoms with Crippen LogP contribution < -0.4 is 10.6 Å². The van der Waals surface area contributed by atoms with E-state index < -0.39 is 0 Å². The average molecular weight is 228 g/mol. The van der Waals surface area contributed by atoms with Crippen molar-refractivity contribution >= 4 is 5.91 Å². The first-order valence-electron chi connectivity index (χ1n) is 6.32. The summed E-state index contributed by atoms with van der Waals surface area (Å²) in [7, 11) is 0. The molecule has 0 spiro atoms. The van der Waals surface area contributed by atoms with Gasteiger partial charge in [0.1, 0.15) is 0 Å². The maximum atomic E-state index is 11.7. The van der Waals surface area contributed by atoms with Crippen LogP contribution in [0, 0.1) is 0 Å². The van der Waals surface area contributed by atoms with Crippen LogP contribution in [0.1, 0.15) is 46.0 Å². The van der Waals surface area contributed by atoms with E-state index >= 15 is 0 Å². The number of carbonyl (C=O) groups excluding carboxylic acids is 1. The lowest BCUT2D eigenvalue weighted by Crippen LogP contribution is -2.41. The molecule has 1 rings (SSSR count). The summed E-state index contributed by atoms with van der Waals surface area (Å²) >= 11 is 0. The van der Waals surface area contributed by atoms with Crippen LogP contribution in [-0.2, 0) is 4.79 Å². The Bertz CT molecular complexity index is 213. The molecule has 1 aliphatic carbocycles. The van der Waals surface area contributed by atoms with Crippen LogP contribution in [0.3, 0.4) is 0 Å². The summed E-state index contributed by atoms with van der Waals surface area (Å²) in [5, 5.41) is 15.6. The van der Waals surface area contributed by atoms with E-state index in [4.69, 9.17) is 0 Å². The largest absolute Gasteiger partial charge is 0.393 e. The molecule has 0 aromatic carbocycles. The van der Waals surface area contributed by atoms with Gasteiger partial charge in [0.25, 0.3) is 0 Å². The Hall–Kier alpha value is -0.610. The highest BCUT2D eigenvalue weighted by molar-refractivity contribution is 5.76. The second-order valence-electron chi connectivity index (χ2n) is 4.74. The lowest BCUT2D eigenvalue weighted by atomic mass is 9.93. The molecule has 4 heteroatoms. The van der Waals surface area contributed by atoms with Gasteiger partial charge in [0.2, 0.25) is 5.91 Å². The van der Waals surface area contributed by atoms with Crippen molar-refractivity contribution in [3.05, 3.63) is 0 Å². The summed E-state index contributed by atoms with van der Waals surface area (Å²) in [6.45, 7) is 4.95. The molecule has 0 aromatic rings. The first-order valence-corrected chi connectivity index (χ1v) is 6.32. The van der Waals surface area contributed by atoms with Crippen LogP contribution >= 0.6 is 0 Å². The maximum Gasteiger partial charge on any atom is 0.221 e. The lowest BCUT2D eigenvalue weighted by molar-refractivity contribution is -0.122. The molecular weight excluding hydrogens is 204 g/mol. The van der Waals surface area contributed by atoms with E-state index in [2.05, 4.69) is 10.6 Å². The first-order chi connectivity index (χ1) is 7.61. The molecule has 1 atom stereocenters. The van der Waals surface area contributed by atoms with Crippen molar-refractivity contribution in [1.82, 2.24) is 10.6 Å². The molecule has 0 radical (unpaired) electrons. The SMILES string of the molecule is CCNC(C)CC(=O)NC1CCC(O)CC1. The van der Waals surface area contributed by atoms with Gasteiger partial charge in [0.05, 0.1) is 6.10 Å². The van der Waals surface area contributed by atoms with Gasteiger partial charge < -0.3 is 15.7 Å². The smallest absolute Gasteiger partial charge is 0.221 e. The quantitative estimate of drug-likeness (QED) is 0.652. The number of aliphatic hydroxyl groups excluding tert-OH is 1. The maximum absolute atomic E-state index is 11.7. The summed E-state index contributed by atoms with van der Waals surface area (Å²) in [6.07, 6.45) is 3.81. The van der Waals surface area contributed by atoms with Crippen LogP contribution in [0.5, 0.6) is 0 Å². The van der Waals surface area contributed by atoms with Gasteiger partial charge in [-0.3, -0.25) is 4.79 Å². The minimum Gasteiger partial charge on any atom is -0.393 e. The van der Waals surface area contributed by atoms with E-state index in [-0.39, 0.29) is 24.1 Å². The van der Waals surface area contributed by atoms with E-state index in [0.717, 1.165) is 32.2 Å². The fourth-order valence-corrected chi connectivity index (χ4v) is 2.21. The minimum absolute atomic E-state index is 0.120. The third-order valence-electron chi connectivity index (χ3n) is 3.11. The van der Waals surface area contributed by atoms with Gasteiger partial charge in [-0.15, -0.1) is 0 Å². The number of aliphatic hydroxyl groups is 1. The fourth-order valence-electron chi connectivity index (χ4n) is 2.21. The summed E-state index contributed by atoms with van der Waals surface area (Å²) in [5.41, 5.74) is 0. The second kappa shape index (κ2) is 6.86. The Morgan fingerprint density at radius 1 is 1.38 bits per heavy atom. The zero-order valence-corrected chi connectivity index (χ0v) is 10.3. The Balaban J connectivity index is 2.18. The van der Waals surface area contributed by atoms with E-state index in [1.165, 1.54) is 0 Å². The number of nitrogens with one attached hydrogen (secondary N) is 2. The van der Waals surface area contributed by atoms with Crippen LogP contribution in [0.25, 0.3) is 0 Å². The predicted molar refractivity (Wildman–Crippen MR) is 64.2 cm³/mol. The topological polar surface area (TPSA) is 61.4 Å². The highest BCUT2D eigenvalue weighted by Crippen LogP contribution is 2.18. The van der Waals surface area contributed by atoms with Crippen molar-refractivity contribution < 1.29 is 9.90 Å². The molecular formula is C12H24N2O2. The standard InChI is InChI=1S/C12H24N2O2/c1-3-13-9(2)8-12(16)14-10-4-6-11(15)7-5-10/h9-11,13,15H,3-8H2,1-2H3,(H,14,16). The van der Waals surface area contributed by atoms with E-state index in [1.54, 1.807) is 0 Å².